The number of thiocarbonyl (C=S) groups is 1. The van der Waals surface area contributed by atoms with Gasteiger partial charge in [-0.3, -0.25) is 14.8 Å². The molecule has 1 aliphatic heterocycles. The van der Waals surface area contributed by atoms with Gasteiger partial charge < -0.3 is 20.2 Å². The minimum absolute atomic E-state index is 0. The molecule has 3 rings (SSSR count). The van der Waals surface area contributed by atoms with E-state index in [0.717, 1.165) is 54.7 Å². The maximum absolute atomic E-state index is 10.2. The Hall–Kier alpha value is -1.42. The van der Waals surface area contributed by atoms with Crippen molar-refractivity contribution in [2.75, 3.05) is 26.3 Å². The first-order chi connectivity index (χ1) is 12.9. The number of aromatic nitrogens is 2. The second-order valence-corrected chi connectivity index (χ2v) is 6.83. The number of hydrogen-bond donors (Lipinski definition) is 1. The Kier molecular flexibility index (Phi) is 13.8. The first-order valence-electron chi connectivity index (χ1n) is 8.84. The molecule has 0 radical (unpaired) electrons. The molecule has 0 spiro atoms. The Labute approximate surface area is 199 Å². The molecule has 152 valence electrons. The SMILES string of the molecule is Cc1ccc(CC(=O)O)cn1.Cc1ccc(CC(=S)N2CCOCC2)cn1.[Na+].[OH-]. The Balaban J connectivity index is 0.000000537. The van der Waals surface area contributed by atoms with Crippen molar-refractivity contribution in [3.8, 4) is 0 Å². The zero-order valence-electron chi connectivity index (χ0n) is 17.2. The summed E-state index contributed by atoms with van der Waals surface area (Å²) in [7, 11) is 0. The number of ether oxygens (including phenoxy) is 1. The number of nitrogens with zero attached hydrogens (tertiary/aromatic N) is 3. The Morgan fingerprint density at radius 2 is 1.52 bits per heavy atom. The van der Waals surface area contributed by atoms with Gasteiger partial charge in [0.1, 0.15) is 0 Å². The summed E-state index contributed by atoms with van der Waals surface area (Å²) in [6.07, 6.45) is 4.35. The molecule has 0 unspecified atom stereocenters. The Morgan fingerprint density at radius 3 is 1.93 bits per heavy atom. The monoisotopic (exact) mass is 427 g/mol. The van der Waals surface area contributed by atoms with Crippen molar-refractivity contribution in [2.45, 2.75) is 26.7 Å². The van der Waals surface area contributed by atoms with Gasteiger partial charge in [-0.2, -0.15) is 0 Å². The van der Waals surface area contributed by atoms with Crippen LogP contribution in [-0.4, -0.2) is 62.7 Å². The molecule has 0 aromatic carbocycles. The van der Waals surface area contributed by atoms with Crippen LogP contribution in [-0.2, 0) is 22.4 Å². The van der Waals surface area contributed by atoms with Crippen LogP contribution in [0.1, 0.15) is 22.5 Å². The van der Waals surface area contributed by atoms with Crippen LogP contribution in [0, 0.1) is 13.8 Å². The maximum Gasteiger partial charge on any atom is 1.00 e. The van der Waals surface area contributed by atoms with Crippen LogP contribution in [0.5, 0.6) is 0 Å². The molecule has 2 aromatic rings. The van der Waals surface area contributed by atoms with Crippen LogP contribution in [0.2, 0.25) is 0 Å². The normalized spacial score (nSPS) is 12.6. The number of aliphatic carboxylic acids is 1. The summed E-state index contributed by atoms with van der Waals surface area (Å²) in [5, 5.41) is 8.41. The fraction of sp³-hybridized carbons (Fsp3) is 0.400. The van der Waals surface area contributed by atoms with E-state index in [1.807, 2.05) is 26.1 Å². The van der Waals surface area contributed by atoms with E-state index in [0.29, 0.717) is 0 Å². The zero-order valence-corrected chi connectivity index (χ0v) is 20.0. The average Bonchev–Trinajstić information content (AvgIpc) is 2.66. The second kappa shape index (κ2) is 14.5. The van der Waals surface area contributed by atoms with Gasteiger partial charge in [0, 0.05) is 43.3 Å². The summed E-state index contributed by atoms with van der Waals surface area (Å²) < 4.78 is 5.30. The number of rotatable bonds is 4. The molecule has 0 atom stereocenters. The maximum atomic E-state index is 10.2. The molecule has 0 aliphatic carbocycles. The van der Waals surface area contributed by atoms with Gasteiger partial charge in [0.05, 0.1) is 24.6 Å². The third-order valence-electron chi connectivity index (χ3n) is 4.02. The van der Waals surface area contributed by atoms with Gasteiger partial charge in [0.2, 0.25) is 0 Å². The number of morpholine rings is 1. The van der Waals surface area contributed by atoms with Crippen LogP contribution in [0.4, 0.5) is 0 Å². The first-order valence-corrected chi connectivity index (χ1v) is 9.25. The van der Waals surface area contributed by atoms with Gasteiger partial charge in [0.15, 0.2) is 0 Å². The molecule has 9 heteroatoms. The Morgan fingerprint density at radius 1 is 1.03 bits per heavy atom. The van der Waals surface area contributed by atoms with Crippen LogP contribution in [0.15, 0.2) is 36.7 Å². The van der Waals surface area contributed by atoms with E-state index in [9.17, 15) is 4.79 Å². The third kappa shape index (κ3) is 10.8. The number of aryl methyl sites for hydroxylation is 2. The van der Waals surface area contributed by atoms with E-state index in [2.05, 4.69) is 20.9 Å². The number of carboxylic acid groups (broad SMARTS) is 1. The van der Waals surface area contributed by atoms with Crippen LogP contribution < -0.4 is 29.6 Å². The molecule has 0 saturated carbocycles. The van der Waals surface area contributed by atoms with Crippen LogP contribution in [0.25, 0.3) is 0 Å². The molecule has 0 bridgehead atoms. The fourth-order valence-electron chi connectivity index (χ4n) is 2.48. The van der Waals surface area contributed by atoms with Crippen LogP contribution >= 0.6 is 12.2 Å². The van der Waals surface area contributed by atoms with Gasteiger partial charge in [0.25, 0.3) is 0 Å². The largest absolute Gasteiger partial charge is 1.00 e. The number of pyridine rings is 2. The topological polar surface area (TPSA) is 106 Å². The number of hydrogen-bond acceptors (Lipinski definition) is 6. The quantitative estimate of drug-likeness (QED) is 0.511. The van der Waals surface area contributed by atoms with Crippen molar-refractivity contribution < 1.29 is 49.7 Å². The van der Waals surface area contributed by atoms with Crippen molar-refractivity contribution in [2.24, 2.45) is 0 Å². The van der Waals surface area contributed by atoms with Gasteiger partial charge in [-0.25, -0.2) is 0 Å². The summed E-state index contributed by atoms with van der Waals surface area (Å²) in [4.78, 5) is 21.7. The van der Waals surface area contributed by atoms with E-state index in [4.69, 9.17) is 22.1 Å². The molecule has 2 N–H and O–H groups in total. The summed E-state index contributed by atoms with van der Waals surface area (Å²) in [6.45, 7) is 7.25. The standard InChI is InChI=1S/C12H16N2OS.C8H9NO2.Na.H2O/c1-10-2-3-11(9-13-10)8-12(16)14-4-6-15-7-5-14;1-6-2-3-7(5-9-6)4-8(10)11;;/h2-3,9H,4-8H2,1H3;2-3,5H,4H2,1H3,(H,10,11);;1H2/q;;+1;/p-1. The summed E-state index contributed by atoms with van der Waals surface area (Å²) in [5.74, 6) is -0.823. The summed E-state index contributed by atoms with van der Waals surface area (Å²) in [6, 6.07) is 7.70. The second-order valence-electron chi connectivity index (χ2n) is 6.36. The van der Waals surface area contributed by atoms with Gasteiger partial charge in [-0.05, 0) is 37.1 Å². The van der Waals surface area contributed by atoms with Crippen molar-refractivity contribution in [3.63, 3.8) is 0 Å². The molecule has 1 aliphatic rings. The molecule has 7 nitrogen and oxygen atoms in total. The summed E-state index contributed by atoms with van der Waals surface area (Å²) >= 11 is 5.43. The summed E-state index contributed by atoms with van der Waals surface area (Å²) in [5.41, 5.74) is 3.87. The molecule has 29 heavy (non-hydrogen) atoms. The van der Waals surface area contributed by atoms with E-state index in [1.165, 1.54) is 5.56 Å². The molecule has 1 fully saturated rings. The van der Waals surface area contributed by atoms with Crippen molar-refractivity contribution >= 4 is 23.2 Å². The van der Waals surface area contributed by atoms with Crippen LogP contribution in [0.3, 0.4) is 0 Å². The average molecular weight is 428 g/mol. The molecule has 2 aromatic heterocycles. The molecular weight excluding hydrogens is 401 g/mol. The third-order valence-corrected chi connectivity index (χ3v) is 4.42. The fourth-order valence-corrected chi connectivity index (χ4v) is 2.83. The first kappa shape index (κ1) is 27.6. The van der Waals surface area contributed by atoms with Gasteiger partial charge in [-0.1, -0.05) is 24.4 Å². The predicted octanol–water partition coefficient (Wildman–Crippen LogP) is -0.564. The smallest absolute Gasteiger partial charge is 0.870 e. The molecule has 1 saturated heterocycles. The van der Waals surface area contributed by atoms with E-state index in [-0.39, 0.29) is 41.5 Å². The number of carboxylic acids is 1. The molecule has 0 amide bonds. The zero-order chi connectivity index (χ0) is 19.6. The minimum atomic E-state index is -0.823. The predicted molar refractivity (Wildman–Crippen MR) is 110 cm³/mol. The van der Waals surface area contributed by atoms with Gasteiger partial charge >= 0.3 is 35.5 Å². The van der Waals surface area contributed by atoms with Gasteiger partial charge in [-0.15, -0.1) is 0 Å². The van der Waals surface area contributed by atoms with E-state index in [1.54, 1.807) is 18.3 Å². The minimum Gasteiger partial charge on any atom is -0.870 e. The molecular formula is C20H26N3NaO4S. The van der Waals surface area contributed by atoms with Crippen molar-refractivity contribution in [1.82, 2.24) is 14.9 Å². The molecule has 3 heterocycles. The van der Waals surface area contributed by atoms with Crippen molar-refractivity contribution in [1.29, 1.82) is 0 Å². The van der Waals surface area contributed by atoms with E-state index >= 15 is 0 Å². The van der Waals surface area contributed by atoms with E-state index < -0.39 is 5.97 Å². The van der Waals surface area contributed by atoms with Crippen molar-refractivity contribution in [3.05, 3.63) is 59.2 Å². The Bertz CT molecular complexity index is 751. The number of carbonyl (C=O) groups is 1.